The molecule has 0 bridgehead atoms. The van der Waals surface area contributed by atoms with Crippen molar-refractivity contribution in [1.82, 2.24) is 0 Å². The number of aromatic nitrogens is 1. The van der Waals surface area contributed by atoms with Gasteiger partial charge in [0.05, 0.1) is 0 Å². The molecule has 138 valence electrons. The Balaban J connectivity index is 0.000000431. The summed E-state index contributed by atoms with van der Waals surface area (Å²) in [5.74, 6) is 0.550. The number of benzene rings is 2. The van der Waals surface area contributed by atoms with Crippen LogP contribution in [0.4, 0.5) is 21.7 Å². The van der Waals surface area contributed by atoms with Gasteiger partial charge in [-0.2, -0.15) is 0 Å². The Bertz CT molecular complexity index is 841. The highest BCUT2D eigenvalue weighted by Crippen LogP contribution is 2.32. The van der Waals surface area contributed by atoms with Crippen molar-refractivity contribution in [2.75, 3.05) is 6.26 Å². The number of hydrogen-bond donors (Lipinski definition) is 0. The average molecular weight is 387 g/mol. The molecule has 0 aliphatic carbocycles. The Kier molecular flexibility index (Phi) is 6.47. The van der Waals surface area contributed by atoms with Crippen LogP contribution in [0.5, 0.6) is 0 Å². The van der Waals surface area contributed by atoms with E-state index in [1.807, 2.05) is 31.6 Å². The van der Waals surface area contributed by atoms with Crippen molar-refractivity contribution in [2.24, 2.45) is 7.05 Å². The van der Waals surface area contributed by atoms with E-state index in [0.717, 1.165) is 22.5 Å². The molecule has 2 aromatic carbocycles. The standard InChI is InChI=1S/C17H15FNOS.BF4/c1-19-11-16(12-3-7-14(18)8-4-12)17(20-19)13-5-9-15(21-2)10-6-13;2-1(3,4)5/h3-11H,1-2H3;/q+1;-1. The number of aryl methyl sites for hydroxylation is 1. The summed E-state index contributed by atoms with van der Waals surface area (Å²) in [7, 11) is -4.16. The van der Waals surface area contributed by atoms with Crippen molar-refractivity contribution in [3.05, 3.63) is 60.5 Å². The Morgan fingerprint density at radius 3 is 1.88 bits per heavy atom. The third-order valence-corrected chi connectivity index (χ3v) is 4.04. The Labute approximate surface area is 151 Å². The molecular weight excluding hydrogens is 372 g/mol. The van der Waals surface area contributed by atoms with Gasteiger partial charge in [0.25, 0.3) is 0 Å². The Morgan fingerprint density at radius 1 is 0.885 bits per heavy atom. The predicted molar refractivity (Wildman–Crippen MR) is 92.7 cm³/mol. The number of hydrogen-bond acceptors (Lipinski definition) is 2. The highest BCUT2D eigenvalue weighted by Gasteiger charge is 2.20. The Morgan fingerprint density at radius 2 is 1.38 bits per heavy atom. The average Bonchev–Trinajstić information content (AvgIpc) is 2.96. The third-order valence-electron chi connectivity index (χ3n) is 3.30. The van der Waals surface area contributed by atoms with Crippen molar-refractivity contribution in [1.29, 1.82) is 0 Å². The molecular formula is C17H15BF5NOS. The minimum Gasteiger partial charge on any atom is -0.418 e. The minimum atomic E-state index is -6.00. The topological polar surface area (TPSA) is 17.0 Å². The highest BCUT2D eigenvalue weighted by atomic mass is 32.2. The largest absolute Gasteiger partial charge is 0.673 e. The first-order valence-corrected chi connectivity index (χ1v) is 8.67. The van der Waals surface area contributed by atoms with Crippen LogP contribution in [-0.2, 0) is 7.05 Å². The lowest BCUT2D eigenvalue weighted by molar-refractivity contribution is -0.843. The number of rotatable bonds is 3. The van der Waals surface area contributed by atoms with Gasteiger partial charge in [-0.1, -0.05) is 12.1 Å². The van der Waals surface area contributed by atoms with Crippen LogP contribution in [-0.4, -0.2) is 13.5 Å². The molecule has 2 nitrogen and oxygen atoms in total. The van der Waals surface area contributed by atoms with E-state index < -0.39 is 7.25 Å². The van der Waals surface area contributed by atoms with E-state index in [4.69, 9.17) is 4.52 Å². The van der Waals surface area contributed by atoms with Crippen LogP contribution >= 0.6 is 11.8 Å². The number of thioether (sulfide) groups is 1. The van der Waals surface area contributed by atoms with Gasteiger partial charge < -0.3 is 17.3 Å². The molecule has 0 fully saturated rings. The van der Waals surface area contributed by atoms with E-state index in [9.17, 15) is 21.7 Å². The predicted octanol–water partition coefficient (Wildman–Crippen LogP) is 5.60. The maximum absolute atomic E-state index is 13.1. The molecule has 0 saturated carbocycles. The molecule has 0 amide bonds. The zero-order valence-electron chi connectivity index (χ0n) is 13.9. The molecule has 0 radical (unpaired) electrons. The zero-order chi connectivity index (χ0) is 19.3. The van der Waals surface area contributed by atoms with Crippen molar-refractivity contribution < 1.29 is 30.9 Å². The fourth-order valence-corrected chi connectivity index (χ4v) is 2.65. The van der Waals surface area contributed by atoms with Gasteiger partial charge in [-0.05, 0) is 53.0 Å². The van der Waals surface area contributed by atoms with E-state index >= 15 is 0 Å². The highest BCUT2D eigenvalue weighted by molar-refractivity contribution is 7.98. The maximum atomic E-state index is 13.1. The van der Waals surface area contributed by atoms with Crippen molar-refractivity contribution >= 4 is 19.0 Å². The summed E-state index contributed by atoms with van der Waals surface area (Å²) in [5.41, 5.74) is 2.90. The minimum absolute atomic E-state index is 0.238. The van der Waals surface area contributed by atoms with Crippen LogP contribution in [0.2, 0.25) is 0 Å². The Hall–Kier alpha value is -2.29. The second-order valence-electron chi connectivity index (χ2n) is 5.24. The molecule has 1 aromatic heterocycles. The van der Waals surface area contributed by atoms with E-state index in [-0.39, 0.29) is 5.82 Å². The maximum Gasteiger partial charge on any atom is 0.673 e. The SMILES string of the molecule is CSc1ccc(-c2o[n+](C)cc2-c2ccc(F)cc2)cc1.F[B-](F)(F)F. The fourth-order valence-electron chi connectivity index (χ4n) is 2.25. The van der Waals surface area contributed by atoms with Gasteiger partial charge in [0.2, 0.25) is 12.0 Å². The van der Waals surface area contributed by atoms with Crippen LogP contribution in [0.25, 0.3) is 22.5 Å². The lowest BCUT2D eigenvalue weighted by Gasteiger charge is -2.01. The molecule has 0 spiro atoms. The summed E-state index contributed by atoms with van der Waals surface area (Å²) in [4.78, 5) is 1.21. The third kappa shape index (κ3) is 5.91. The molecule has 9 heteroatoms. The lowest BCUT2D eigenvalue weighted by atomic mass is 10.0. The van der Waals surface area contributed by atoms with Crippen LogP contribution in [0.1, 0.15) is 0 Å². The van der Waals surface area contributed by atoms with Gasteiger partial charge in [-0.25, -0.2) is 8.91 Å². The van der Waals surface area contributed by atoms with Gasteiger partial charge in [0.1, 0.15) is 11.4 Å². The van der Waals surface area contributed by atoms with Gasteiger partial charge in [0.15, 0.2) is 7.05 Å². The molecule has 0 saturated heterocycles. The fraction of sp³-hybridized carbons (Fsp3) is 0.118. The molecule has 0 aliphatic rings. The molecule has 26 heavy (non-hydrogen) atoms. The van der Waals surface area contributed by atoms with Crippen LogP contribution in [0, 0.1) is 5.82 Å². The van der Waals surface area contributed by atoms with E-state index in [2.05, 4.69) is 12.1 Å². The number of halogens is 5. The van der Waals surface area contributed by atoms with Crippen LogP contribution in [0.15, 0.2) is 64.1 Å². The lowest BCUT2D eigenvalue weighted by Crippen LogP contribution is -2.22. The van der Waals surface area contributed by atoms with E-state index in [0.29, 0.717) is 0 Å². The quantitative estimate of drug-likeness (QED) is 0.252. The van der Waals surface area contributed by atoms with Crippen LogP contribution < -0.4 is 4.74 Å². The molecule has 0 aliphatic heterocycles. The molecule has 3 aromatic rings. The summed E-state index contributed by atoms with van der Waals surface area (Å²) >= 11 is 1.70. The van der Waals surface area contributed by atoms with Gasteiger partial charge >= 0.3 is 7.25 Å². The summed E-state index contributed by atoms with van der Waals surface area (Å²) in [6.45, 7) is 0. The summed E-state index contributed by atoms with van der Waals surface area (Å²) in [5, 5.41) is 0. The van der Waals surface area contributed by atoms with E-state index in [1.165, 1.54) is 17.0 Å². The molecule has 1 heterocycles. The number of nitrogens with zero attached hydrogens (tertiary/aromatic N) is 1. The summed E-state index contributed by atoms with van der Waals surface area (Å²) in [6, 6.07) is 14.7. The zero-order valence-corrected chi connectivity index (χ0v) is 14.7. The van der Waals surface area contributed by atoms with Gasteiger partial charge in [-0.15, -0.1) is 11.8 Å². The molecule has 0 N–H and O–H groups in total. The van der Waals surface area contributed by atoms with Crippen LogP contribution in [0.3, 0.4) is 0 Å². The normalized spacial score (nSPS) is 11.0. The van der Waals surface area contributed by atoms with Crippen molar-refractivity contribution in [3.63, 3.8) is 0 Å². The second kappa shape index (κ2) is 8.40. The first-order valence-electron chi connectivity index (χ1n) is 7.45. The summed E-state index contributed by atoms with van der Waals surface area (Å²) < 4.78 is 59.5. The van der Waals surface area contributed by atoms with Gasteiger partial charge in [-0.3, -0.25) is 0 Å². The van der Waals surface area contributed by atoms with E-state index in [1.54, 1.807) is 28.6 Å². The monoisotopic (exact) mass is 387 g/mol. The van der Waals surface area contributed by atoms with Crippen molar-refractivity contribution in [2.45, 2.75) is 4.90 Å². The molecule has 3 rings (SSSR count). The van der Waals surface area contributed by atoms with Gasteiger partial charge in [0, 0.05) is 10.5 Å². The molecule has 0 atom stereocenters. The van der Waals surface area contributed by atoms with Crippen molar-refractivity contribution in [3.8, 4) is 22.5 Å². The second-order valence-corrected chi connectivity index (χ2v) is 6.12. The smallest absolute Gasteiger partial charge is 0.418 e. The first kappa shape index (κ1) is 20.0. The summed E-state index contributed by atoms with van der Waals surface area (Å²) in [6.07, 6.45) is 3.96. The molecule has 0 unspecified atom stereocenters. The first-order chi connectivity index (χ1) is 12.2.